The van der Waals surface area contributed by atoms with Gasteiger partial charge in [0, 0.05) is 18.0 Å². The molecule has 0 atom stereocenters. The summed E-state index contributed by atoms with van der Waals surface area (Å²) < 4.78 is 7.28. The number of carbonyl (C=O) groups excluding carboxylic acids is 1. The first-order chi connectivity index (χ1) is 10.7. The lowest BCUT2D eigenvalue weighted by atomic mass is 9.98. The third-order valence-corrected chi connectivity index (χ3v) is 4.57. The molecule has 1 aliphatic carbocycles. The van der Waals surface area contributed by atoms with Gasteiger partial charge in [0.15, 0.2) is 0 Å². The minimum Gasteiger partial charge on any atom is -0.480 e. The number of hydrogen-bond donors (Lipinski definition) is 0. The number of carbonyl (C=O) groups is 1. The Morgan fingerprint density at radius 3 is 2.82 bits per heavy atom. The monoisotopic (exact) mass is 299 g/mol. The number of nitrogens with zero attached hydrogens (tertiary/aromatic N) is 5. The van der Waals surface area contributed by atoms with Crippen LogP contribution in [-0.2, 0) is 16.8 Å². The molecular weight excluding hydrogens is 282 g/mol. The van der Waals surface area contributed by atoms with Crippen LogP contribution in [0.25, 0.3) is 11.3 Å². The van der Waals surface area contributed by atoms with Crippen LogP contribution in [0, 0.1) is 0 Å². The molecule has 0 bridgehead atoms. The molecule has 2 aliphatic rings. The molecule has 0 saturated heterocycles. The van der Waals surface area contributed by atoms with Crippen LogP contribution in [0.2, 0.25) is 0 Å². The maximum absolute atomic E-state index is 11.1. The zero-order valence-electron chi connectivity index (χ0n) is 12.6. The molecule has 0 aromatic carbocycles. The lowest BCUT2D eigenvalue weighted by Gasteiger charge is -2.14. The van der Waals surface area contributed by atoms with Crippen LogP contribution in [0.4, 0.5) is 5.82 Å². The summed E-state index contributed by atoms with van der Waals surface area (Å²) in [6, 6.07) is 1.91. The molecule has 0 N–H and O–H groups in total. The summed E-state index contributed by atoms with van der Waals surface area (Å²) in [5, 5.41) is 4.63. The fourth-order valence-electron chi connectivity index (χ4n) is 2.99. The van der Waals surface area contributed by atoms with E-state index in [0.717, 1.165) is 42.0 Å². The molecule has 1 amide bonds. The van der Waals surface area contributed by atoms with Gasteiger partial charge in [-0.15, -0.1) is 0 Å². The second-order valence-electron chi connectivity index (χ2n) is 6.08. The zero-order valence-corrected chi connectivity index (χ0v) is 12.6. The predicted octanol–water partition coefficient (Wildman–Crippen LogP) is 1.38. The standard InChI is InChI=1S/C15H17N5O2/c1-15(3-4-15)13-12(14(22-2)17-8-16-13)10-7-11-19(9-21)5-6-20(11)18-10/h7-9H,3-6H2,1-2H3. The molecule has 2 aromatic rings. The lowest BCUT2D eigenvalue weighted by Crippen LogP contribution is -2.17. The van der Waals surface area contributed by atoms with Crippen LogP contribution in [0.15, 0.2) is 12.4 Å². The number of fused-ring (bicyclic) bond motifs is 1. The molecule has 1 fully saturated rings. The van der Waals surface area contributed by atoms with Gasteiger partial charge in [-0.1, -0.05) is 6.92 Å². The molecule has 3 heterocycles. The molecule has 7 nitrogen and oxygen atoms in total. The van der Waals surface area contributed by atoms with Gasteiger partial charge in [-0.3, -0.25) is 9.69 Å². The molecule has 0 unspecified atom stereocenters. The SMILES string of the molecule is COc1ncnc(C2(C)CC2)c1-c1cc2n(n1)CCN2C=O. The number of ether oxygens (including phenoxy) is 1. The van der Waals surface area contributed by atoms with E-state index in [1.165, 1.54) is 0 Å². The largest absolute Gasteiger partial charge is 0.480 e. The van der Waals surface area contributed by atoms with E-state index in [4.69, 9.17) is 4.74 Å². The van der Waals surface area contributed by atoms with Crippen LogP contribution >= 0.6 is 0 Å². The third kappa shape index (κ3) is 1.81. The van der Waals surface area contributed by atoms with Gasteiger partial charge in [0.2, 0.25) is 12.3 Å². The van der Waals surface area contributed by atoms with Crippen molar-refractivity contribution in [2.75, 3.05) is 18.6 Å². The van der Waals surface area contributed by atoms with E-state index < -0.39 is 0 Å². The summed E-state index contributed by atoms with van der Waals surface area (Å²) >= 11 is 0. The minimum atomic E-state index is 0.0734. The third-order valence-electron chi connectivity index (χ3n) is 4.57. The maximum atomic E-state index is 11.1. The second kappa shape index (κ2) is 4.53. The van der Waals surface area contributed by atoms with E-state index in [2.05, 4.69) is 22.0 Å². The Balaban J connectivity index is 1.88. The molecular formula is C15H17N5O2. The van der Waals surface area contributed by atoms with Crippen LogP contribution < -0.4 is 9.64 Å². The number of aromatic nitrogens is 4. The van der Waals surface area contributed by atoms with Gasteiger partial charge >= 0.3 is 0 Å². The smallest absolute Gasteiger partial charge is 0.226 e. The number of hydrogen-bond acceptors (Lipinski definition) is 5. The van der Waals surface area contributed by atoms with Crippen molar-refractivity contribution in [2.24, 2.45) is 0 Å². The summed E-state index contributed by atoms with van der Waals surface area (Å²) in [6.45, 7) is 3.57. The Morgan fingerprint density at radius 2 is 2.14 bits per heavy atom. The van der Waals surface area contributed by atoms with Gasteiger partial charge in [-0.05, 0) is 12.8 Å². The molecule has 1 saturated carbocycles. The molecule has 7 heteroatoms. The molecule has 2 aromatic heterocycles. The minimum absolute atomic E-state index is 0.0734. The fourth-order valence-corrected chi connectivity index (χ4v) is 2.99. The van der Waals surface area contributed by atoms with Crippen molar-refractivity contribution < 1.29 is 9.53 Å². The summed E-state index contributed by atoms with van der Waals surface area (Å²) in [5.41, 5.74) is 2.66. The highest BCUT2D eigenvalue weighted by atomic mass is 16.5. The number of methoxy groups -OCH3 is 1. The van der Waals surface area contributed by atoms with Gasteiger partial charge in [0.1, 0.15) is 17.8 Å². The van der Waals surface area contributed by atoms with E-state index in [1.54, 1.807) is 18.3 Å². The van der Waals surface area contributed by atoms with Crippen molar-refractivity contribution in [2.45, 2.75) is 31.7 Å². The number of rotatable bonds is 4. The van der Waals surface area contributed by atoms with Crippen molar-refractivity contribution in [3.8, 4) is 17.1 Å². The molecule has 1 aliphatic heterocycles. The topological polar surface area (TPSA) is 73.1 Å². The van der Waals surface area contributed by atoms with Gasteiger partial charge in [-0.25, -0.2) is 14.6 Å². The van der Waals surface area contributed by atoms with Gasteiger partial charge in [-0.2, -0.15) is 5.10 Å². The van der Waals surface area contributed by atoms with Crippen molar-refractivity contribution in [3.63, 3.8) is 0 Å². The molecule has 0 radical (unpaired) electrons. The first-order valence-electron chi connectivity index (χ1n) is 7.36. The van der Waals surface area contributed by atoms with Crippen LogP contribution in [0.5, 0.6) is 5.88 Å². The predicted molar refractivity (Wildman–Crippen MR) is 79.8 cm³/mol. The Labute approximate surface area is 127 Å². The van der Waals surface area contributed by atoms with Gasteiger partial charge in [0.05, 0.1) is 24.9 Å². The zero-order chi connectivity index (χ0) is 15.3. The van der Waals surface area contributed by atoms with Crippen molar-refractivity contribution in [1.29, 1.82) is 0 Å². The Morgan fingerprint density at radius 1 is 1.32 bits per heavy atom. The van der Waals surface area contributed by atoms with Gasteiger partial charge < -0.3 is 4.74 Å². The van der Waals surface area contributed by atoms with Crippen LogP contribution in [0.1, 0.15) is 25.5 Å². The molecule has 22 heavy (non-hydrogen) atoms. The van der Waals surface area contributed by atoms with Crippen molar-refractivity contribution in [3.05, 3.63) is 18.1 Å². The summed E-state index contributed by atoms with van der Waals surface area (Å²) in [7, 11) is 1.60. The summed E-state index contributed by atoms with van der Waals surface area (Å²) in [5.74, 6) is 1.34. The van der Waals surface area contributed by atoms with Gasteiger partial charge in [0.25, 0.3) is 0 Å². The Hall–Kier alpha value is -2.44. The Kier molecular flexibility index (Phi) is 2.72. The highest BCUT2D eigenvalue weighted by molar-refractivity contribution is 5.79. The van der Waals surface area contributed by atoms with Crippen LogP contribution in [0.3, 0.4) is 0 Å². The lowest BCUT2D eigenvalue weighted by molar-refractivity contribution is -0.107. The molecule has 0 spiro atoms. The van der Waals surface area contributed by atoms with Crippen LogP contribution in [-0.4, -0.2) is 39.8 Å². The summed E-state index contributed by atoms with van der Waals surface area (Å²) in [4.78, 5) is 21.5. The van der Waals surface area contributed by atoms with E-state index in [-0.39, 0.29) is 5.41 Å². The van der Waals surface area contributed by atoms with E-state index in [1.807, 2.05) is 10.7 Å². The van der Waals surface area contributed by atoms with Crippen molar-refractivity contribution in [1.82, 2.24) is 19.7 Å². The first-order valence-corrected chi connectivity index (χ1v) is 7.36. The van der Waals surface area contributed by atoms with E-state index in [0.29, 0.717) is 19.0 Å². The van der Waals surface area contributed by atoms with E-state index in [9.17, 15) is 4.79 Å². The fraction of sp³-hybridized carbons (Fsp3) is 0.467. The quantitative estimate of drug-likeness (QED) is 0.797. The average Bonchev–Trinajstić information content (AvgIpc) is 2.98. The average molecular weight is 299 g/mol. The number of anilines is 1. The molecule has 114 valence electrons. The Bertz CT molecular complexity index is 750. The first kappa shape index (κ1) is 13.2. The normalized spacial score (nSPS) is 18.2. The second-order valence-corrected chi connectivity index (χ2v) is 6.08. The highest BCUT2D eigenvalue weighted by Gasteiger charge is 2.44. The van der Waals surface area contributed by atoms with E-state index >= 15 is 0 Å². The number of amides is 1. The highest BCUT2D eigenvalue weighted by Crippen LogP contribution is 2.51. The van der Waals surface area contributed by atoms with Crippen molar-refractivity contribution >= 4 is 12.2 Å². The molecule has 4 rings (SSSR count). The summed E-state index contributed by atoms with van der Waals surface area (Å²) in [6.07, 6.45) is 4.59. The maximum Gasteiger partial charge on any atom is 0.226 e.